The van der Waals surface area contributed by atoms with E-state index in [4.69, 9.17) is 19.5 Å². The lowest BCUT2D eigenvalue weighted by atomic mass is 9.82. The maximum atomic E-state index is 8.91. The van der Waals surface area contributed by atoms with Crippen LogP contribution in [0.15, 0.2) is 18.2 Å². The lowest BCUT2D eigenvalue weighted by Gasteiger charge is -2.48. The van der Waals surface area contributed by atoms with Crippen molar-refractivity contribution in [1.82, 2.24) is 4.90 Å². The van der Waals surface area contributed by atoms with Crippen LogP contribution in [0.5, 0.6) is 11.5 Å². The summed E-state index contributed by atoms with van der Waals surface area (Å²) < 4.78 is 17.1. The molecule has 0 unspecified atom stereocenters. The Bertz CT molecular complexity index is 599. The fourth-order valence-corrected chi connectivity index (χ4v) is 4.20. The number of nitriles is 1. The molecule has 2 saturated heterocycles. The molecule has 136 valence electrons. The van der Waals surface area contributed by atoms with Gasteiger partial charge in [0, 0.05) is 32.2 Å². The fraction of sp³-hybridized carbons (Fsp3) is 0.650. The van der Waals surface area contributed by atoms with Crippen LogP contribution in [-0.4, -0.2) is 43.5 Å². The van der Waals surface area contributed by atoms with Crippen LogP contribution in [0.4, 0.5) is 0 Å². The minimum absolute atomic E-state index is 0.209. The van der Waals surface area contributed by atoms with Crippen LogP contribution in [0.2, 0.25) is 0 Å². The van der Waals surface area contributed by atoms with Crippen molar-refractivity contribution in [3.05, 3.63) is 23.8 Å². The van der Waals surface area contributed by atoms with Gasteiger partial charge in [0.25, 0.3) is 0 Å². The molecule has 0 spiro atoms. The molecule has 3 atom stereocenters. The van der Waals surface area contributed by atoms with Gasteiger partial charge in [-0.25, -0.2) is 0 Å². The molecule has 1 aromatic carbocycles. The highest BCUT2D eigenvalue weighted by molar-refractivity contribution is 5.42. The third kappa shape index (κ3) is 4.45. The summed E-state index contributed by atoms with van der Waals surface area (Å²) in [5.41, 5.74) is 1.14. The topological polar surface area (TPSA) is 54.7 Å². The monoisotopic (exact) mass is 344 g/mol. The molecule has 0 N–H and O–H groups in total. The summed E-state index contributed by atoms with van der Waals surface area (Å²) >= 11 is 0. The van der Waals surface area contributed by atoms with Gasteiger partial charge in [0.15, 0.2) is 18.3 Å². The zero-order valence-corrected chi connectivity index (χ0v) is 15.2. The highest BCUT2D eigenvalue weighted by Gasteiger charge is 2.38. The van der Waals surface area contributed by atoms with Crippen LogP contribution in [0.1, 0.15) is 44.1 Å². The van der Waals surface area contributed by atoms with Crippen LogP contribution >= 0.6 is 0 Å². The van der Waals surface area contributed by atoms with Gasteiger partial charge in [0.05, 0.1) is 6.07 Å². The van der Waals surface area contributed by atoms with Crippen molar-refractivity contribution < 1.29 is 14.2 Å². The Labute approximate surface area is 150 Å². The molecular formula is C20H28N2O3. The first-order chi connectivity index (χ1) is 12.2. The largest absolute Gasteiger partial charge is 0.486 e. The van der Waals surface area contributed by atoms with Gasteiger partial charge in [-0.1, -0.05) is 12.5 Å². The molecule has 2 aliphatic heterocycles. The molecule has 0 saturated carbocycles. The maximum absolute atomic E-state index is 8.91. The summed E-state index contributed by atoms with van der Waals surface area (Å²) in [5.74, 6) is 1.55. The van der Waals surface area contributed by atoms with E-state index < -0.39 is 0 Å². The van der Waals surface area contributed by atoms with Gasteiger partial charge in [0.2, 0.25) is 0 Å². The van der Waals surface area contributed by atoms with Gasteiger partial charge in [-0.05, 0) is 50.3 Å². The van der Waals surface area contributed by atoms with Crippen molar-refractivity contribution in [3.63, 3.8) is 0 Å². The lowest BCUT2D eigenvalue weighted by molar-refractivity contribution is -0.0176. The molecule has 1 aromatic rings. The molecule has 5 nitrogen and oxygen atoms in total. The van der Waals surface area contributed by atoms with E-state index in [-0.39, 0.29) is 12.9 Å². The summed E-state index contributed by atoms with van der Waals surface area (Å²) in [6.07, 6.45) is 6.59. The van der Waals surface area contributed by atoms with Gasteiger partial charge in [-0.3, -0.25) is 4.90 Å². The van der Waals surface area contributed by atoms with Crippen molar-refractivity contribution in [2.45, 2.75) is 63.6 Å². The van der Waals surface area contributed by atoms with E-state index in [1.807, 2.05) is 19.1 Å². The Hall–Kier alpha value is -1.77. The number of rotatable bonds is 7. The van der Waals surface area contributed by atoms with Crippen LogP contribution < -0.4 is 9.47 Å². The van der Waals surface area contributed by atoms with Gasteiger partial charge in [-0.15, -0.1) is 0 Å². The predicted octanol–water partition coefficient (Wildman–Crippen LogP) is 3.66. The maximum Gasteiger partial charge on any atom is 0.188 e. The average Bonchev–Trinajstić information content (AvgIpc) is 2.60. The number of methoxy groups -OCH3 is 1. The second kappa shape index (κ2) is 8.55. The predicted molar refractivity (Wildman–Crippen MR) is 95.7 cm³/mol. The van der Waals surface area contributed by atoms with E-state index in [0.29, 0.717) is 18.5 Å². The molecule has 2 fully saturated rings. The Morgan fingerprint density at radius 2 is 1.96 bits per heavy atom. The van der Waals surface area contributed by atoms with Crippen LogP contribution in [0, 0.1) is 18.3 Å². The number of hydrogen-bond acceptors (Lipinski definition) is 5. The van der Waals surface area contributed by atoms with Crippen molar-refractivity contribution in [1.29, 1.82) is 5.26 Å². The van der Waals surface area contributed by atoms with E-state index in [2.05, 4.69) is 17.0 Å². The van der Waals surface area contributed by atoms with Gasteiger partial charge < -0.3 is 14.2 Å². The number of fused-ring (bicyclic) bond motifs is 2. The van der Waals surface area contributed by atoms with Crippen LogP contribution in [0.25, 0.3) is 0 Å². The van der Waals surface area contributed by atoms with E-state index in [1.165, 1.54) is 19.3 Å². The molecule has 5 heteroatoms. The minimum Gasteiger partial charge on any atom is -0.486 e. The molecule has 0 radical (unpaired) electrons. The quantitative estimate of drug-likeness (QED) is 0.707. The number of piperidine rings is 2. The Kier molecular flexibility index (Phi) is 6.17. The summed E-state index contributed by atoms with van der Waals surface area (Å²) in [4.78, 5) is 2.55. The molecule has 2 heterocycles. The van der Waals surface area contributed by atoms with E-state index in [0.717, 1.165) is 36.4 Å². The molecule has 0 aromatic heterocycles. The molecular weight excluding hydrogens is 316 g/mol. The number of nitrogens with zero attached hydrogens (tertiary/aromatic N) is 2. The summed E-state index contributed by atoms with van der Waals surface area (Å²) in [6, 6.07) is 9.42. The first-order valence-electron chi connectivity index (χ1n) is 9.23. The first-order valence-corrected chi connectivity index (χ1v) is 9.23. The standard InChI is InChI=1S/C20H28N2O3/c1-15-7-8-19(20(11-15)24-14-23-2)25-18-12-16-5-3-6-17(13-18)22(16)10-4-9-21/h7-8,11,16-18H,3-6,10,12-14H2,1-2H3/t16-,17+,18+. The number of benzene rings is 1. The Balaban J connectivity index is 1.67. The molecule has 0 amide bonds. The first kappa shape index (κ1) is 18.0. The molecule has 25 heavy (non-hydrogen) atoms. The number of hydrogen-bond donors (Lipinski definition) is 0. The number of ether oxygens (including phenoxy) is 3. The highest BCUT2D eigenvalue weighted by atomic mass is 16.7. The summed E-state index contributed by atoms with van der Waals surface area (Å²) in [7, 11) is 1.62. The lowest BCUT2D eigenvalue weighted by Crippen LogP contribution is -2.54. The summed E-state index contributed by atoms with van der Waals surface area (Å²) in [6.45, 7) is 3.16. The zero-order valence-electron chi connectivity index (χ0n) is 15.2. The highest BCUT2D eigenvalue weighted by Crippen LogP contribution is 2.37. The van der Waals surface area contributed by atoms with Gasteiger partial charge in [0.1, 0.15) is 6.10 Å². The second-order valence-corrected chi connectivity index (χ2v) is 7.10. The van der Waals surface area contributed by atoms with Crippen molar-refractivity contribution in [2.75, 3.05) is 20.4 Å². The van der Waals surface area contributed by atoms with E-state index in [9.17, 15) is 0 Å². The van der Waals surface area contributed by atoms with Crippen molar-refractivity contribution in [2.24, 2.45) is 0 Å². The number of aryl methyl sites for hydroxylation is 1. The Morgan fingerprint density at radius 3 is 2.64 bits per heavy atom. The smallest absolute Gasteiger partial charge is 0.188 e. The zero-order chi connectivity index (χ0) is 17.6. The van der Waals surface area contributed by atoms with Gasteiger partial charge in [-0.2, -0.15) is 5.26 Å². The van der Waals surface area contributed by atoms with E-state index in [1.54, 1.807) is 7.11 Å². The molecule has 0 aliphatic carbocycles. The fourth-order valence-electron chi connectivity index (χ4n) is 4.20. The van der Waals surface area contributed by atoms with Crippen LogP contribution in [0.3, 0.4) is 0 Å². The third-order valence-electron chi connectivity index (χ3n) is 5.29. The SMILES string of the molecule is COCOc1cc(C)ccc1O[C@H]1C[C@H]2CCC[C@@H](C1)N2CCC#N. The third-order valence-corrected chi connectivity index (χ3v) is 5.29. The normalized spacial score (nSPS) is 26.0. The molecule has 2 bridgehead atoms. The van der Waals surface area contributed by atoms with Gasteiger partial charge >= 0.3 is 0 Å². The molecule has 3 rings (SSSR count). The van der Waals surface area contributed by atoms with E-state index >= 15 is 0 Å². The van der Waals surface area contributed by atoms with Crippen molar-refractivity contribution in [3.8, 4) is 17.6 Å². The average molecular weight is 344 g/mol. The summed E-state index contributed by atoms with van der Waals surface area (Å²) in [5, 5.41) is 8.91. The second-order valence-electron chi connectivity index (χ2n) is 7.10. The molecule has 2 aliphatic rings. The Morgan fingerprint density at radius 1 is 1.20 bits per heavy atom. The minimum atomic E-state index is 0.209. The van der Waals surface area contributed by atoms with Crippen molar-refractivity contribution >= 4 is 0 Å². The van der Waals surface area contributed by atoms with Crippen LogP contribution in [-0.2, 0) is 4.74 Å².